The molecule has 0 saturated carbocycles. The van der Waals surface area contributed by atoms with Crippen LogP contribution >= 0.6 is 0 Å². The van der Waals surface area contributed by atoms with Crippen LogP contribution in [0.5, 0.6) is 0 Å². The molecule has 2 fully saturated rings. The van der Waals surface area contributed by atoms with Crippen LogP contribution in [0, 0.1) is 0 Å². The number of amides is 2. The molecule has 0 aromatic heterocycles. The van der Waals surface area contributed by atoms with E-state index in [0.717, 1.165) is 44.6 Å². The summed E-state index contributed by atoms with van der Waals surface area (Å²) in [7, 11) is 0. The van der Waals surface area contributed by atoms with E-state index in [4.69, 9.17) is 0 Å². The van der Waals surface area contributed by atoms with Crippen molar-refractivity contribution in [3.63, 3.8) is 0 Å². The van der Waals surface area contributed by atoms with Gasteiger partial charge >= 0.3 is 0 Å². The van der Waals surface area contributed by atoms with Gasteiger partial charge in [-0.2, -0.15) is 0 Å². The summed E-state index contributed by atoms with van der Waals surface area (Å²) < 4.78 is 0. The molecule has 2 saturated heterocycles. The molecule has 0 bridgehead atoms. The molecule has 4 rings (SSSR count). The van der Waals surface area contributed by atoms with Gasteiger partial charge in [0.25, 0.3) is 0 Å². The molecule has 2 heterocycles. The number of piperidine rings is 1. The number of anilines is 1. The molecular weight excluding hydrogens is 400 g/mol. The van der Waals surface area contributed by atoms with E-state index in [1.807, 2.05) is 36.4 Å². The first-order valence-corrected chi connectivity index (χ1v) is 11.8. The van der Waals surface area contributed by atoms with E-state index in [9.17, 15) is 9.59 Å². The number of carbonyl (C=O) groups excluding carboxylic acids is 2. The summed E-state index contributed by atoms with van der Waals surface area (Å²) >= 11 is 0. The van der Waals surface area contributed by atoms with Gasteiger partial charge in [0.1, 0.15) is 6.04 Å². The summed E-state index contributed by atoms with van der Waals surface area (Å²) in [6.45, 7) is 7.30. The van der Waals surface area contributed by atoms with Gasteiger partial charge in [0.15, 0.2) is 0 Å². The summed E-state index contributed by atoms with van der Waals surface area (Å²) in [4.78, 5) is 32.5. The number of hydrogen-bond acceptors (Lipinski definition) is 4. The van der Waals surface area contributed by atoms with E-state index < -0.39 is 6.04 Å². The van der Waals surface area contributed by atoms with Gasteiger partial charge in [-0.05, 0) is 37.5 Å². The van der Waals surface area contributed by atoms with Crippen molar-refractivity contribution < 1.29 is 9.59 Å². The van der Waals surface area contributed by atoms with Gasteiger partial charge < -0.3 is 15.1 Å². The van der Waals surface area contributed by atoms with Crippen LogP contribution in [0.1, 0.15) is 37.8 Å². The number of hydrogen-bond donors (Lipinski definition) is 1. The molecule has 0 radical (unpaired) electrons. The first kappa shape index (κ1) is 22.3. The van der Waals surface area contributed by atoms with E-state index in [2.05, 4.69) is 46.3 Å². The highest BCUT2D eigenvalue weighted by molar-refractivity contribution is 5.89. The number of nitrogens with one attached hydrogen (secondary N) is 1. The Morgan fingerprint density at radius 3 is 2.22 bits per heavy atom. The first-order chi connectivity index (χ1) is 15.6. The highest BCUT2D eigenvalue weighted by Crippen LogP contribution is 2.26. The maximum absolute atomic E-state index is 13.3. The standard InChI is InChI=1S/C26H34N4O2/c1-21(28-16-18-29(19-17-28)23-12-6-3-7-13-23)20-27-26(32)25(22-10-4-2-5-11-22)30-15-9-8-14-24(30)31/h2-7,10-13,21,25H,8-9,14-20H2,1H3,(H,27,32). The second-order valence-electron chi connectivity index (χ2n) is 8.81. The Kier molecular flexibility index (Phi) is 7.43. The lowest BCUT2D eigenvalue weighted by atomic mass is 10.0. The van der Waals surface area contributed by atoms with Gasteiger partial charge in [0.2, 0.25) is 11.8 Å². The lowest BCUT2D eigenvalue weighted by Gasteiger charge is -2.39. The molecule has 2 aromatic carbocycles. The molecule has 2 aliphatic rings. The van der Waals surface area contributed by atoms with Gasteiger partial charge in [-0.1, -0.05) is 48.5 Å². The number of nitrogens with zero attached hydrogens (tertiary/aromatic N) is 3. The summed E-state index contributed by atoms with van der Waals surface area (Å²) in [6, 6.07) is 19.9. The zero-order chi connectivity index (χ0) is 22.3. The van der Waals surface area contributed by atoms with Gasteiger partial charge in [0.05, 0.1) is 0 Å². The lowest BCUT2D eigenvalue weighted by Crippen LogP contribution is -2.53. The number of para-hydroxylation sites is 1. The minimum atomic E-state index is -0.550. The smallest absolute Gasteiger partial charge is 0.247 e. The molecule has 2 amide bonds. The normalized spacial score (nSPS) is 19.5. The minimum Gasteiger partial charge on any atom is -0.369 e. The molecule has 0 spiro atoms. The van der Waals surface area contributed by atoms with Crippen molar-refractivity contribution in [2.24, 2.45) is 0 Å². The summed E-state index contributed by atoms with van der Waals surface area (Å²) in [5.74, 6) is -0.00782. The third-order valence-electron chi connectivity index (χ3n) is 6.67. The Morgan fingerprint density at radius 1 is 0.906 bits per heavy atom. The molecule has 2 atom stereocenters. The van der Waals surface area contributed by atoms with Crippen LogP contribution in [0.25, 0.3) is 0 Å². The summed E-state index contributed by atoms with van der Waals surface area (Å²) in [5.41, 5.74) is 2.15. The number of rotatable bonds is 7. The maximum atomic E-state index is 13.3. The Labute approximate surface area is 191 Å². The Hall–Kier alpha value is -2.86. The minimum absolute atomic E-state index is 0.0744. The number of carbonyl (C=O) groups is 2. The number of piperazine rings is 1. The molecule has 2 unspecified atom stereocenters. The fourth-order valence-corrected chi connectivity index (χ4v) is 4.74. The average Bonchev–Trinajstić information content (AvgIpc) is 2.85. The monoisotopic (exact) mass is 434 g/mol. The molecule has 6 nitrogen and oxygen atoms in total. The van der Waals surface area contributed by atoms with Crippen molar-refractivity contribution in [1.82, 2.24) is 15.1 Å². The topological polar surface area (TPSA) is 55.9 Å². The molecule has 2 aliphatic heterocycles. The van der Waals surface area contributed by atoms with E-state index >= 15 is 0 Å². The van der Waals surface area contributed by atoms with Crippen LogP contribution < -0.4 is 10.2 Å². The van der Waals surface area contributed by atoms with Crippen molar-refractivity contribution in [2.45, 2.75) is 38.3 Å². The van der Waals surface area contributed by atoms with Gasteiger partial charge in [0, 0.05) is 57.4 Å². The second-order valence-corrected chi connectivity index (χ2v) is 8.81. The fraction of sp³-hybridized carbons (Fsp3) is 0.462. The van der Waals surface area contributed by atoms with Gasteiger partial charge in [-0.3, -0.25) is 14.5 Å². The number of benzene rings is 2. The van der Waals surface area contributed by atoms with Crippen LogP contribution in [0.2, 0.25) is 0 Å². The largest absolute Gasteiger partial charge is 0.369 e. The van der Waals surface area contributed by atoms with Crippen LogP contribution in [-0.2, 0) is 9.59 Å². The predicted octanol–water partition coefficient (Wildman–Crippen LogP) is 3.07. The van der Waals surface area contributed by atoms with Crippen LogP contribution in [0.15, 0.2) is 60.7 Å². The van der Waals surface area contributed by atoms with Crippen molar-refractivity contribution in [1.29, 1.82) is 0 Å². The van der Waals surface area contributed by atoms with E-state index in [-0.39, 0.29) is 17.9 Å². The molecule has 170 valence electrons. The molecule has 2 aromatic rings. The predicted molar refractivity (Wildman–Crippen MR) is 127 cm³/mol. The third-order valence-corrected chi connectivity index (χ3v) is 6.67. The fourth-order valence-electron chi connectivity index (χ4n) is 4.74. The van der Waals surface area contributed by atoms with Crippen molar-refractivity contribution in [2.75, 3.05) is 44.2 Å². The SMILES string of the molecule is CC(CNC(=O)C(c1ccccc1)N1CCCCC1=O)N1CCN(c2ccccc2)CC1. The summed E-state index contributed by atoms with van der Waals surface area (Å²) in [5, 5.41) is 3.15. The number of likely N-dealkylation sites (tertiary alicyclic amines) is 1. The molecule has 0 aliphatic carbocycles. The maximum Gasteiger partial charge on any atom is 0.247 e. The van der Waals surface area contributed by atoms with Gasteiger partial charge in [-0.25, -0.2) is 0 Å². The van der Waals surface area contributed by atoms with Crippen LogP contribution in [0.4, 0.5) is 5.69 Å². The Bertz CT molecular complexity index is 881. The van der Waals surface area contributed by atoms with E-state index in [0.29, 0.717) is 19.5 Å². The lowest BCUT2D eigenvalue weighted by molar-refractivity contribution is -0.142. The van der Waals surface area contributed by atoms with Crippen molar-refractivity contribution in [3.8, 4) is 0 Å². The average molecular weight is 435 g/mol. The second kappa shape index (κ2) is 10.6. The molecule has 32 heavy (non-hydrogen) atoms. The summed E-state index contributed by atoms with van der Waals surface area (Å²) in [6.07, 6.45) is 2.38. The molecular formula is C26H34N4O2. The Morgan fingerprint density at radius 2 is 1.56 bits per heavy atom. The highest BCUT2D eigenvalue weighted by Gasteiger charge is 2.33. The Balaban J connectivity index is 1.34. The highest BCUT2D eigenvalue weighted by atomic mass is 16.2. The quantitative estimate of drug-likeness (QED) is 0.728. The van der Waals surface area contributed by atoms with Crippen LogP contribution in [0.3, 0.4) is 0 Å². The zero-order valence-electron chi connectivity index (χ0n) is 19.0. The van der Waals surface area contributed by atoms with Gasteiger partial charge in [-0.15, -0.1) is 0 Å². The molecule has 1 N–H and O–H groups in total. The van der Waals surface area contributed by atoms with Crippen molar-refractivity contribution in [3.05, 3.63) is 66.2 Å². The van der Waals surface area contributed by atoms with E-state index in [1.165, 1.54) is 5.69 Å². The van der Waals surface area contributed by atoms with E-state index in [1.54, 1.807) is 4.90 Å². The zero-order valence-corrected chi connectivity index (χ0v) is 19.0. The van der Waals surface area contributed by atoms with Crippen molar-refractivity contribution >= 4 is 17.5 Å². The third kappa shape index (κ3) is 5.30. The van der Waals surface area contributed by atoms with Crippen LogP contribution in [-0.4, -0.2) is 66.9 Å². The first-order valence-electron chi connectivity index (χ1n) is 11.8. The molecule has 6 heteroatoms.